The van der Waals surface area contributed by atoms with Crippen LogP contribution in [0, 0.1) is 3.57 Å². The quantitative estimate of drug-likeness (QED) is 0.716. The van der Waals surface area contributed by atoms with Gasteiger partial charge in [0.05, 0.1) is 16.3 Å². The Morgan fingerprint density at radius 3 is 2.52 bits per heavy atom. The van der Waals surface area contributed by atoms with Crippen molar-refractivity contribution in [2.75, 3.05) is 4.72 Å². The van der Waals surface area contributed by atoms with E-state index in [2.05, 4.69) is 32.3 Å². The maximum absolute atomic E-state index is 12.1. The highest BCUT2D eigenvalue weighted by Gasteiger charge is 2.18. The highest BCUT2D eigenvalue weighted by molar-refractivity contribution is 14.1. The predicted molar refractivity (Wildman–Crippen MR) is 86.2 cm³/mol. The number of aromatic carboxylic acids is 1. The molecule has 6 nitrogen and oxygen atoms in total. The second kappa shape index (κ2) is 6.16. The van der Waals surface area contributed by atoms with E-state index in [1.807, 2.05) is 0 Å². The summed E-state index contributed by atoms with van der Waals surface area (Å²) in [5.41, 5.74) is 0.127. The van der Waals surface area contributed by atoms with Crippen molar-refractivity contribution in [2.24, 2.45) is 0 Å². The van der Waals surface area contributed by atoms with Crippen LogP contribution in [0.15, 0.2) is 41.6 Å². The van der Waals surface area contributed by atoms with Crippen LogP contribution in [0.25, 0.3) is 0 Å². The third-order valence-electron chi connectivity index (χ3n) is 2.43. The summed E-state index contributed by atoms with van der Waals surface area (Å²) in [7, 11) is -3.93. The number of nitrogens with one attached hydrogen (secondary N) is 1. The van der Waals surface area contributed by atoms with Crippen LogP contribution in [0.2, 0.25) is 5.02 Å². The number of hydrogen-bond donors (Lipinski definition) is 2. The first-order valence-corrected chi connectivity index (χ1v) is 8.41. The lowest BCUT2D eigenvalue weighted by Crippen LogP contribution is -2.15. The number of nitrogens with zero attached hydrogens (tertiary/aromatic N) is 1. The van der Waals surface area contributed by atoms with Crippen molar-refractivity contribution in [2.45, 2.75) is 5.03 Å². The van der Waals surface area contributed by atoms with Gasteiger partial charge in [-0.1, -0.05) is 11.6 Å². The lowest BCUT2D eigenvalue weighted by molar-refractivity contribution is 0.0696. The van der Waals surface area contributed by atoms with Gasteiger partial charge in [-0.15, -0.1) is 0 Å². The third-order valence-corrected chi connectivity index (χ3v) is 4.70. The molecule has 0 atom stereocenters. The molecule has 21 heavy (non-hydrogen) atoms. The summed E-state index contributed by atoms with van der Waals surface area (Å²) in [4.78, 5) is 14.3. The predicted octanol–water partition coefficient (Wildman–Crippen LogP) is 2.84. The molecule has 1 aromatic carbocycles. The summed E-state index contributed by atoms with van der Waals surface area (Å²) >= 11 is 8.01. The zero-order chi connectivity index (χ0) is 15.6. The Balaban J connectivity index is 2.31. The number of hydrogen-bond acceptors (Lipinski definition) is 4. The average Bonchev–Trinajstić information content (AvgIpc) is 2.42. The second-order valence-corrected chi connectivity index (χ2v) is 7.20. The van der Waals surface area contributed by atoms with Crippen molar-refractivity contribution in [3.05, 3.63) is 50.7 Å². The monoisotopic (exact) mass is 438 g/mol. The van der Waals surface area contributed by atoms with E-state index in [4.69, 9.17) is 16.7 Å². The average molecular weight is 439 g/mol. The first kappa shape index (κ1) is 16.0. The van der Waals surface area contributed by atoms with Gasteiger partial charge in [0.1, 0.15) is 0 Å². The fourth-order valence-electron chi connectivity index (χ4n) is 1.44. The Kier molecular flexibility index (Phi) is 4.69. The molecule has 2 N–H and O–H groups in total. The van der Waals surface area contributed by atoms with Crippen molar-refractivity contribution in [1.82, 2.24) is 4.98 Å². The van der Waals surface area contributed by atoms with Gasteiger partial charge >= 0.3 is 5.97 Å². The molecule has 0 spiro atoms. The van der Waals surface area contributed by atoms with Crippen LogP contribution >= 0.6 is 34.2 Å². The van der Waals surface area contributed by atoms with E-state index in [-0.39, 0.29) is 21.3 Å². The smallest absolute Gasteiger partial charge is 0.337 e. The molecule has 0 aliphatic heterocycles. The number of sulfonamides is 1. The number of carbonyl (C=O) groups is 1. The summed E-state index contributed by atoms with van der Waals surface area (Å²) in [6.45, 7) is 0. The summed E-state index contributed by atoms with van der Waals surface area (Å²) < 4.78 is 27.4. The van der Waals surface area contributed by atoms with Gasteiger partial charge in [-0.3, -0.25) is 4.72 Å². The van der Waals surface area contributed by atoms with Gasteiger partial charge in [0.25, 0.3) is 10.0 Å². The molecule has 2 rings (SSSR count). The molecule has 0 amide bonds. The van der Waals surface area contributed by atoms with E-state index >= 15 is 0 Å². The fraction of sp³-hybridized carbons (Fsp3) is 0. The minimum atomic E-state index is -3.93. The molecule has 0 fully saturated rings. The summed E-state index contributed by atoms with van der Waals surface area (Å²) in [6, 6.07) is 7.13. The molecule has 1 aromatic heterocycles. The molecule has 0 unspecified atom stereocenters. The van der Waals surface area contributed by atoms with Crippen LogP contribution in [0.5, 0.6) is 0 Å². The standard InChI is InChI=1S/C12H8ClIN2O4S/c13-9-5-8(14)2-3-10(9)16-21(19,20)11-4-1-7(6-15-11)12(17)18/h1-6,16H,(H,17,18). The molecule has 9 heteroatoms. The Morgan fingerprint density at radius 2 is 2.00 bits per heavy atom. The van der Waals surface area contributed by atoms with Crippen molar-refractivity contribution >= 4 is 55.9 Å². The number of anilines is 1. The number of rotatable bonds is 4. The molecule has 0 aliphatic rings. The zero-order valence-corrected chi connectivity index (χ0v) is 14.0. The van der Waals surface area contributed by atoms with Crippen molar-refractivity contribution < 1.29 is 18.3 Å². The van der Waals surface area contributed by atoms with Crippen molar-refractivity contribution in [3.63, 3.8) is 0 Å². The third kappa shape index (κ3) is 3.83. The molecule has 110 valence electrons. The zero-order valence-electron chi connectivity index (χ0n) is 10.2. The lowest BCUT2D eigenvalue weighted by Gasteiger charge is -2.09. The van der Waals surface area contributed by atoms with Crippen LogP contribution < -0.4 is 4.72 Å². The number of carboxylic acid groups (broad SMARTS) is 1. The largest absolute Gasteiger partial charge is 0.478 e. The van der Waals surface area contributed by atoms with Crippen molar-refractivity contribution in [1.29, 1.82) is 0 Å². The minimum Gasteiger partial charge on any atom is -0.478 e. The van der Waals surface area contributed by atoms with E-state index in [1.165, 1.54) is 12.1 Å². The van der Waals surface area contributed by atoms with Crippen LogP contribution in [0.3, 0.4) is 0 Å². The molecule has 0 bridgehead atoms. The topological polar surface area (TPSA) is 96.4 Å². The summed E-state index contributed by atoms with van der Waals surface area (Å²) in [5, 5.41) is 8.72. The first-order chi connectivity index (χ1) is 9.79. The molecular formula is C12H8ClIN2O4S. The molecule has 2 aromatic rings. The van der Waals surface area contributed by atoms with E-state index in [0.717, 1.165) is 15.8 Å². The van der Waals surface area contributed by atoms with Gasteiger partial charge in [-0.2, -0.15) is 8.42 Å². The van der Waals surface area contributed by atoms with E-state index in [1.54, 1.807) is 12.1 Å². The Labute approximate surface area is 139 Å². The van der Waals surface area contributed by atoms with Crippen LogP contribution in [-0.4, -0.2) is 24.5 Å². The van der Waals surface area contributed by atoms with E-state index in [0.29, 0.717) is 0 Å². The van der Waals surface area contributed by atoms with Gasteiger partial charge in [0.2, 0.25) is 0 Å². The number of carboxylic acids is 1. The maximum atomic E-state index is 12.1. The fourth-order valence-corrected chi connectivity index (χ4v) is 3.40. The molecular weight excluding hydrogens is 431 g/mol. The Hall–Kier alpha value is -1.39. The van der Waals surface area contributed by atoms with Gasteiger partial charge < -0.3 is 5.11 Å². The molecule has 0 aliphatic carbocycles. The van der Waals surface area contributed by atoms with Gasteiger partial charge in [-0.05, 0) is 52.9 Å². The first-order valence-electron chi connectivity index (χ1n) is 5.47. The number of aromatic nitrogens is 1. The maximum Gasteiger partial charge on any atom is 0.337 e. The molecule has 0 saturated heterocycles. The van der Waals surface area contributed by atoms with Gasteiger partial charge in [0, 0.05) is 9.77 Å². The molecule has 0 saturated carbocycles. The SMILES string of the molecule is O=C(O)c1ccc(S(=O)(=O)Nc2ccc(I)cc2Cl)nc1. The minimum absolute atomic E-state index is 0.0961. The Morgan fingerprint density at radius 1 is 1.29 bits per heavy atom. The number of halogens is 2. The van der Waals surface area contributed by atoms with Gasteiger partial charge in [0.15, 0.2) is 5.03 Å². The van der Waals surface area contributed by atoms with E-state index in [9.17, 15) is 13.2 Å². The van der Waals surface area contributed by atoms with Crippen LogP contribution in [-0.2, 0) is 10.0 Å². The van der Waals surface area contributed by atoms with Crippen LogP contribution in [0.1, 0.15) is 10.4 Å². The number of pyridine rings is 1. The van der Waals surface area contributed by atoms with Crippen molar-refractivity contribution in [3.8, 4) is 0 Å². The molecule has 1 heterocycles. The lowest BCUT2D eigenvalue weighted by atomic mass is 10.3. The van der Waals surface area contributed by atoms with Gasteiger partial charge in [-0.25, -0.2) is 9.78 Å². The molecule has 0 radical (unpaired) electrons. The Bertz CT molecular complexity index is 793. The summed E-state index contributed by atoms with van der Waals surface area (Å²) in [6.07, 6.45) is 0.979. The highest BCUT2D eigenvalue weighted by atomic mass is 127. The van der Waals surface area contributed by atoms with Crippen LogP contribution in [0.4, 0.5) is 5.69 Å². The number of benzene rings is 1. The normalized spacial score (nSPS) is 11.1. The highest BCUT2D eigenvalue weighted by Crippen LogP contribution is 2.26. The van der Waals surface area contributed by atoms with E-state index < -0.39 is 16.0 Å². The second-order valence-electron chi connectivity index (χ2n) is 3.92. The summed E-state index contributed by atoms with van der Waals surface area (Å²) in [5.74, 6) is -1.18.